The molecule has 102 valence electrons. The first-order valence-corrected chi connectivity index (χ1v) is 7.65. The van der Waals surface area contributed by atoms with Crippen molar-refractivity contribution in [3.63, 3.8) is 0 Å². The highest BCUT2D eigenvalue weighted by atomic mass is 32.2. The summed E-state index contributed by atoms with van der Waals surface area (Å²) < 4.78 is 26.5. The molecule has 0 radical (unpaired) electrons. The number of carboxylic acid groups (broad SMARTS) is 1. The fourth-order valence-electron chi connectivity index (χ4n) is 1.46. The van der Waals surface area contributed by atoms with Gasteiger partial charge in [-0.15, -0.1) is 17.8 Å². The van der Waals surface area contributed by atoms with Gasteiger partial charge in [-0.3, -0.25) is 4.72 Å². The maximum absolute atomic E-state index is 12.1. The number of rotatable bonds is 4. The highest BCUT2D eigenvalue weighted by Gasteiger charge is 2.19. The highest BCUT2D eigenvalue weighted by Crippen LogP contribution is 2.24. The van der Waals surface area contributed by atoms with Crippen LogP contribution in [0.5, 0.6) is 0 Å². The third-order valence-electron chi connectivity index (χ3n) is 2.34. The minimum absolute atomic E-state index is 0.0391. The minimum atomic E-state index is -3.81. The molecule has 2 N–H and O–H groups in total. The van der Waals surface area contributed by atoms with Crippen molar-refractivity contribution < 1.29 is 18.3 Å². The molecular formula is C13H9NO4S2. The van der Waals surface area contributed by atoms with Crippen molar-refractivity contribution in [3.05, 3.63) is 46.8 Å². The summed E-state index contributed by atoms with van der Waals surface area (Å²) in [5, 5.41) is 8.79. The molecule has 1 heterocycles. The molecule has 0 fully saturated rings. The molecule has 0 saturated carbocycles. The van der Waals surface area contributed by atoms with Crippen LogP contribution < -0.4 is 4.72 Å². The van der Waals surface area contributed by atoms with Gasteiger partial charge in [0.25, 0.3) is 10.0 Å². The molecule has 20 heavy (non-hydrogen) atoms. The van der Waals surface area contributed by atoms with Gasteiger partial charge in [0.15, 0.2) is 0 Å². The van der Waals surface area contributed by atoms with Crippen molar-refractivity contribution in [2.75, 3.05) is 4.72 Å². The van der Waals surface area contributed by atoms with E-state index < -0.39 is 16.0 Å². The second-order valence-corrected chi connectivity index (χ2v) is 6.75. The Morgan fingerprint density at radius 1 is 1.30 bits per heavy atom. The summed E-state index contributed by atoms with van der Waals surface area (Å²) in [6.07, 6.45) is 5.24. The largest absolute Gasteiger partial charge is 0.477 e. The quantitative estimate of drug-likeness (QED) is 0.848. The number of anilines is 1. The van der Waals surface area contributed by atoms with Crippen LogP contribution in [0.2, 0.25) is 0 Å². The fraction of sp³-hybridized carbons (Fsp3) is 0. The van der Waals surface area contributed by atoms with Crippen LogP contribution in [0.4, 0.5) is 5.69 Å². The van der Waals surface area contributed by atoms with Crippen LogP contribution in [-0.4, -0.2) is 19.5 Å². The molecule has 5 nitrogen and oxygen atoms in total. The average molecular weight is 307 g/mol. The lowest BCUT2D eigenvalue weighted by Gasteiger charge is -2.06. The van der Waals surface area contributed by atoms with E-state index in [0.717, 1.165) is 0 Å². The Morgan fingerprint density at radius 3 is 2.65 bits per heavy atom. The number of benzene rings is 1. The number of sulfonamides is 1. The normalized spacial score (nSPS) is 10.8. The number of hydrogen-bond donors (Lipinski definition) is 2. The first kappa shape index (κ1) is 14.1. The van der Waals surface area contributed by atoms with Gasteiger partial charge in [-0.2, -0.15) is 0 Å². The monoisotopic (exact) mass is 307 g/mol. The SMILES string of the molecule is C#Cc1cccc(NS(=O)(=O)c2ccc(C(=O)O)s2)c1. The molecule has 2 rings (SSSR count). The second-order valence-electron chi connectivity index (χ2n) is 3.75. The van der Waals surface area contributed by atoms with Crippen LogP contribution in [0.25, 0.3) is 0 Å². The highest BCUT2D eigenvalue weighted by molar-refractivity contribution is 7.94. The van der Waals surface area contributed by atoms with E-state index in [1.54, 1.807) is 18.2 Å². The number of aromatic carboxylic acids is 1. The Morgan fingerprint density at radius 2 is 2.05 bits per heavy atom. The third kappa shape index (κ3) is 2.99. The Bertz CT molecular complexity index is 800. The van der Waals surface area contributed by atoms with Gasteiger partial charge in [-0.05, 0) is 30.3 Å². The predicted molar refractivity (Wildman–Crippen MR) is 76.5 cm³/mol. The molecule has 0 aliphatic rings. The summed E-state index contributed by atoms with van der Waals surface area (Å²) in [4.78, 5) is 10.7. The van der Waals surface area contributed by atoms with Gasteiger partial charge < -0.3 is 5.11 Å². The molecule has 0 spiro atoms. The summed E-state index contributed by atoms with van der Waals surface area (Å²) in [6.45, 7) is 0. The Balaban J connectivity index is 2.30. The maximum Gasteiger partial charge on any atom is 0.345 e. The minimum Gasteiger partial charge on any atom is -0.477 e. The number of nitrogens with one attached hydrogen (secondary N) is 1. The molecule has 1 aromatic heterocycles. The zero-order valence-electron chi connectivity index (χ0n) is 10.0. The van der Waals surface area contributed by atoms with Gasteiger partial charge in [0.05, 0.1) is 5.69 Å². The summed E-state index contributed by atoms with van der Waals surface area (Å²) >= 11 is 0.687. The van der Waals surface area contributed by atoms with E-state index >= 15 is 0 Å². The number of carbonyl (C=O) groups is 1. The van der Waals surface area contributed by atoms with E-state index in [1.807, 2.05) is 0 Å². The van der Waals surface area contributed by atoms with E-state index in [1.165, 1.54) is 18.2 Å². The molecule has 0 aliphatic carbocycles. The van der Waals surface area contributed by atoms with Gasteiger partial charge in [-0.1, -0.05) is 12.0 Å². The zero-order chi connectivity index (χ0) is 14.8. The van der Waals surface area contributed by atoms with E-state index in [4.69, 9.17) is 11.5 Å². The van der Waals surface area contributed by atoms with Crippen LogP contribution in [0, 0.1) is 12.3 Å². The summed E-state index contributed by atoms with van der Waals surface area (Å²) in [7, 11) is -3.81. The summed E-state index contributed by atoms with van der Waals surface area (Å²) in [5.41, 5.74) is 0.869. The van der Waals surface area contributed by atoms with Gasteiger partial charge in [0, 0.05) is 5.56 Å². The van der Waals surface area contributed by atoms with Crippen molar-refractivity contribution in [2.24, 2.45) is 0 Å². The van der Waals surface area contributed by atoms with Crippen LogP contribution >= 0.6 is 11.3 Å². The maximum atomic E-state index is 12.1. The molecule has 0 amide bonds. The second kappa shape index (κ2) is 5.36. The van der Waals surface area contributed by atoms with Crippen molar-refractivity contribution in [3.8, 4) is 12.3 Å². The number of terminal acetylenes is 1. The van der Waals surface area contributed by atoms with Crippen LogP contribution in [0.1, 0.15) is 15.2 Å². The molecule has 0 saturated heterocycles. The molecule has 0 unspecified atom stereocenters. The van der Waals surface area contributed by atoms with Gasteiger partial charge >= 0.3 is 5.97 Å². The molecular weight excluding hydrogens is 298 g/mol. The molecule has 7 heteroatoms. The molecule has 2 aromatic rings. The molecule has 1 aromatic carbocycles. The third-order valence-corrected chi connectivity index (χ3v) is 5.28. The number of thiophene rings is 1. The van der Waals surface area contributed by atoms with E-state index in [0.29, 0.717) is 22.6 Å². The zero-order valence-corrected chi connectivity index (χ0v) is 11.7. The standard InChI is InChI=1S/C13H9NO4S2/c1-2-9-4-3-5-10(8-9)14-20(17,18)12-7-6-11(19-12)13(15)16/h1,3-8,14H,(H,15,16). The van der Waals surface area contributed by atoms with E-state index in [2.05, 4.69) is 10.6 Å². The lowest BCUT2D eigenvalue weighted by molar-refractivity contribution is 0.0702. The lowest BCUT2D eigenvalue weighted by Crippen LogP contribution is -2.11. The van der Waals surface area contributed by atoms with Crippen molar-refractivity contribution >= 4 is 33.0 Å². The Kier molecular flexibility index (Phi) is 3.79. The lowest BCUT2D eigenvalue weighted by atomic mass is 10.2. The first-order valence-electron chi connectivity index (χ1n) is 5.35. The van der Waals surface area contributed by atoms with Crippen LogP contribution in [0.15, 0.2) is 40.6 Å². The van der Waals surface area contributed by atoms with Gasteiger partial charge in [0.2, 0.25) is 0 Å². The summed E-state index contributed by atoms with van der Waals surface area (Å²) in [6, 6.07) is 8.88. The van der Waals surface area contributed by atoms with Crippen molar-refractivity contribution in [2.45, 2.75) is 4.21 Å². The van der Waals surface area contributed by atoms with Crippen LogP contribution in [-0.2, 0) is 10.0 Å². The fourth-order valence-corrected chi connectivity index (χ4v) is 3.65. The summed E-state index contributed by atoms with van der Waals surface area (Å²) in [5.74, 6) is 1.24. The number of carboxylic acids is 1. The predicted octanol–water partition coefficient (Wildman–Crippen LogP) is 2.23. The Labute approximate surface area is 119 Å². The van der Waals surface area contributed by atoms with E-state index in [-0.39, 0.29) is 9.09 Å². The molecule has 0 bridgehead atoms. The smallest absolute Gasteiger partial charge is 0.345 e. The first-order chi connectivity index (χ1) is 9.42. The van der Waals surface area contributed by atoms with Crippen LogP contribution in [0.3, 0.4) is 0 Å². The number of hydrogen-bond acceptors (Lipinski definition) is 4. The average Bonchev–Trinajstić information content (AvgIpc) is 2.89. The van der Waals surface area contributed by atoms with Gasteiger partial charge in [-0.25, -0.2) is 13.2 Å². The molecule has 0 atom stereocenters. The van der Waals surface area contributed by atoms with Crippen molar-refractivity contribution in [1.82, 2.24) is 0 Å². The van der Waals surface area contributed by atoms with Crippen molar-refractivity contribution in [1.29, 1.82) is 0 Å². The van der Waals surface area contributed by atoms with E-state index in [9.17, 15) is 13.2 Å². The molecule has 0 aliphatic heterocycles. The van der Waals surface area contributed by atoms with Gasteiger partial charge in [0.1, 0.15) is 9.09 Å². The topological polar surface area (TPSA) is 83.5 Å². The Hall–Kier alpha value is -2.30.